The Balaban J connectivity index is 2.18. The zero-order valence-corrected chi connectivity index (χ0v) is 11.5. The van der Waals surface area contributed by atoms with Crippen LogP contribution in [0.3, 0.4) is 0 Å². The largest absolute Gasteiger partial charge is 0.395 e. The SMILES string of the molecule is CCCNC(CO)CCN1CCCN(C)CC1. The van der Waals surface area contributed by atoms with Crippen LogP contribution in [0.4, 0.5) is 0 Å². The van der Waals surface area contributed by atoms with E-state index in [0.717, 1.165) is 25.9 Å². The Morgan fingerprint density at radius 1 is 1.24 bits per heavy atom. The molecule has 102 valence electrons. The maximum atomic E-state index is 9.29. The Labute approximate surface area is 106 Å². The van der Waals surface area contributed by atoms with E-state index < -0.39 is 0 Å². The number of likely N-dealkylation sites (N-methyl/N-ethyl adjacent to an activating group) is 1. The van der Waals surface area contributed by atoms with Crippen molar-refractivity contribution in [3.8, 4) is 0 Å². The fourth-order valence-electron chi connectivity index (χ4n) is 2.27. The van der Waals surface area contributed by atoms with Crippen molar-refractivity contribution < 1.29 is 5.11 Å². The fraction of sp³-hybridized carbons (Fsp3) is 1.00. The van der Waals surface area contributed by atoms with E-state index >= 15 is 0 Å². The van der Waals surface area contributed by atoms with Crippen molar-refractivity contribution in [1.82, 2.24) is 15.1 Å². The first-order chi connectivity index (χ1) is 8.26. The molecule has 0 aromatic heterocycles. The summed E-state index contributed by atoms with van der Waals surface area (Å²) in [5.74, 6) is 0. The Morgan fingerprint density at radius 2 is 2.06 bits per heavy atom. The number of hydrogen-bond acceptors (Lipinski definition) is 4. The minimum atomic E-state index is 0.258. The molecule has 0 saturated carbocycles. The summed E-state index contributed by atoms with van der Waals surface area (Å²) in [6, 6.07) is 0.274. The molecule has 1 heterocycles. The molecule has 4 heteroatoms. The number of rotatable bonds is 7. The summed E-state index contributed by atoms with van der Waals surface area (Å²) in [5.41, 5.74) is 0. The van der Waals surface area contributed by atoms with Crippen molar-refractivity contribution >= 4 is 0 Å². The van der Waals surface area contributed by atoms with E-state index in [0.29, 0.717) is 0 Å². The molecule has 1 atom stereocenters. The Kier molecular flexibility index (Phi) is 7.77. The van der Waals surface area contributed by atoms with Gasteiger partial charge in [-0.15, -0.1) is 0 Å². The van der Waals surface area contributed by atoms with E-state index in [1.807, 2.05) is 0 Å². The number of aliphatic hydroxyl groups excluding tert-OH is 1. The van der Waals surface area contributed by atoms with Crippen LogP contribution < -0.4 is 5.32 Å². The lowest BCUT2D eigenvalue weighted by atomic mass is 10.2. The summed E-state index contributed by atoms with van der Waals surface area (Å²) in [4.78, 5) is 4.93. The van der Waals surface area contributed by atoms with Gasteiger partial charge in [-0.1, -0.05) is 6.92 Å². The zero-order valence-electron chi connectivity index (χ0n) is 11.5. The van der Waals surface area contributed by atoms with Crippen LogP contribution >= 0.6 is 0 Å². The van der Waals surface area contributed by atoms with Gasteiger partial charge in [0.2, 0.25) is 0 Å². The van der Waals surface area contributed by atoms with Gasteiger partial charge < -0.3 is 20.2 Å². The standard InChI is InChI=1S/C13H29N3O/c1-3-6-14-13(12-17)5-9-16-8-4-7-15(2)10-11-16/h13-14,17H,3-12H2,1-2H3. The summed E-state index contributed by atoms with van der Waals surface area (Å²) in [7, 11) is 2.20. The summed E-state index contributed by atoms with van der Waals surface area (Å²) >= 11 is 0. The molecule has 1 fully saturated rings. The van der Waals surface area contributed by atoms with Gasteiger partial charge in [-0.3, -0.25) is 0 Å². The van der Waals surface area contributed by atoms with Crippen molar-refractivity contribution in [2.45, 2.75) is 32.2 Å². The Morgan fingerprint density at radius 3 is 2.76 bits per heavy atom. The molecule has 0 spiro atoms. The maximum Gasteiger partial charge on any atom is 0.0585 e. The van der Waals surface area contributed by atoms with E-state index in [1.54, 1.807) is 0 Å². The van der Waals surface area contributed by atoms with Crippen molar-refractivity contribution in [3.05, 3.63) is 0 Å². The van der Waals surface area contributed by atoms with Gasteiger partial charge in [-0.2, -0.15) is 0 Å². The van der Waals surface area contributed by atoms with Crippen LogP contribution in [0.15, 0.2) is 0 Å². The minimum absolute atomic E-state index is 0.258. The van der Waals surface area contributed by atoms with Gasteiger partial charge in [-0.25, -0.2) is 0 Å². The predicted octanol–water partition coefficient (Wildman–Crippen LogP) is 0.375. The molecule has 1 aliphatic heterocycles. The monoisotopic (exact) mass is 243 g/mol. The molecule has 4 nitrogen and oxygen atoms in total. The van der Waals surface area contributed by atoms with Crippen molar-refractivity contribution in [1.29, 1.82) is 0 Å². The normalized spacial score (nSPS) is 21.4. The highest BCUT2D eigenvalue weighted by atomic mass is 16.3. The molecule has 0 bridgehead atoms. The molecule has 0 aromatic rings. The third-order valence-corrected chi connectivity index (χ3v) is 3.51. The molecular weight excluding hydrogens is 214 g/mol. The van der Waals surface area contributed by atoms with E-state index in [1.165, 1.54) is 32.6 Å². The molecule has 0 aliphatic carbocycles. The minimum Gasteiger partial charge on any atom is -0.395 e. The topological polar surface area (TPSA) is 38.7 Å². The zero-order chi connectivity index (χ0) is 12.5. The molecule has 1 aliphatic rings. The highest BCUT2D eigenvalue weighted by Gasteiger charge is 2.13. The van der Waals surface area contributed by atoms with Crippen molar-refractivity contribution in [3.63, 3.8) is 0 Å². The first-order valence-corrected chi connectivity index (χ1v) is 7.01. The van der Waals surface area contributed by atoms with Gasteiger partial charge in [-0.05, 0) is 52.5 Å². The first kappa shape index (κ1) is 14.9. The lowest BCUT2D eigenvalue weighted by molar-refractivity contribution is 0.207. The van der Waals surface area contributed by atoms with Crippen molar-refractivity contribution in [2.24, 2.45) is 0 Å². The smallest absolute Gasteiger partial charge is 0.0585 e. The second-order valence-corrected chi connectivity index (χ2v) is 5.12. The summed E-state index contributed by atoms with van der Waals surface area (Å²) in [6.45, 7) is 9.29. The molecule has 0 radical (unpaired) electrons. The van der Waals surface area contributed by atoms with E-state index in [2.05, 4.69) is 29.1 Å². The lowest BCUT2D eigenvalue weighted by Crippen LogP contribution is -2.38. The maximum absolute atomic E-state index is 9.29. The summed E-state index contributed by atoms with van der Waals surface area (Å²) in [5, 5.41) is 12.7. The molecule has 0 amide bonds. The van der Waals surface area contributed by atoms with E-state index in [-0.39, 0.29) is 12.6 Å². The van der Waals surface area contributed by atoms with Gasteiger partial charge in [0, 0.05) is 19.1 Å². The fourth-order valence-corrected chi connectivity index (χ4v) is 2.27. The molecule has 1 saturated heterocycles. The molecule has 2 N–H and O–H groups in total. The molecule has 1 rings (SSSR count). The number of hydrogen-bond donors (Lipinski definition) is 2. The lowest BCUT2D eigenvalue weighted by Gasteiger charge is -2.23. The van der Waals surface area contributed by atoms with Crippen LogP contribution in [0.2, 0.25) is 0 Å². The molecule has 17 heavy (non-hydrogen) atoms. The average Bonchev–Trinajstić information content (AvgIpc) is 2.54. The van der Waals surface area contributed by atoms with Crippen LogP contribution in [0.1, 0.15) is 26.2 Å². The molecule has 0 aromatic carbocycles. The molecule has 1 unspecified atom stereocenters. The van der Waals surface area contributed by atoms with Crippen molar-refractivity contribution in [2.75, 3.05) is 52.9 Å². The Hall–Kier alpha value is -0.160. The van der Waals surface area contributed by atoms with Crippen LogP contribution in [0.5, 0.6) is 0 Å². The Bertz CT molecular complexity index is 190. The molecular formula is C13H29N3O. The van der Waals surface area contributed by atoms with E-state index in [4.69, 9.17) is 0 Å². The first-order valence-electron chi connectivity index (χ1n) is 7.01. The average molecular weight is 243 g/mol. The summed E-state index contributed by atoms with van der Waals surface area (Å²) < 4.78 is 0. The third-order valence-electron chi connectivity index (χ3n) is 3.51. The number of nitrogens with one attached hydrogen (secondary N) is 1. The highest BCUT2D eigenvalue weighted by Crippen LogP contribution is 2.03. The number of aliphatic hydroxyl groups is 1. The van der Waals surface area contributed by atoms with Gasteiger partial charge in [0.1, 0.15) is 0 Å². The quantitative estimate of drug-likeness (QED) is 0.678. The van der Waals surface area contributed by atoms with Gasteiger partial charge in [0.05, 0.1) is 6.61 Å². The van der Waals surface area contributed by atoms with Crippen LogP contribution in [0.25, 0.3) is 0 Å². The van der Waals surface area contributed by atoms with Crippen LogP contribution in [-0.4, -0.2) is 73.9 Å². The van der Waals surface area contributed by atoms with Gasteiger partial charge in [0.15, 0.2) is 0 Å². The number of nitrogens with zero attached hydrogens (tertiary/aromatic N) is 2. The van der Waals surface area contributed by atoms with Gasteiger partial charge in [0.25, 0.3) is 0 Å². The van der Waals surface area contributed by atoms with Gasteiger partial charge >= 0.3 is 0 Å². The van der Waals surface area contributed by atoms with Crippen LogP contribution in [-0.2, 0) is 0 Å². The van der Waals surface area contributed by atoms with E-state index in [9.17, 15) is 5.11 Å². The highest BCUT2D eigenvalue weighted by molar-refractivity contribution is 4.71. The second-order valence-electron chi connectivity index (χ2n) is 5.12. The summed E-state index contributed by atoms with van der Waals surface area (Å²) in [6.07, 6.45) is 3.45. The predicted molar refractivity (Wildman–Crippen MR) is 72.3 cm³/mol. The second kappa shape index (κ2) is 8.86. The third kappa shape index (κ3) is 6.36. The van der Waals surface area contributed by atoms with Crippen LogP contribution in [0, 0.1) is 0 Å².